The van der Waals surface area contributed by atoms with Gasteiger partial charge in [-0.15, -0.1) is 0 Å². The minimum Gasteiger partial charge on any atom is -0.360 e. The van der Waals surface area contributed by atoms with Gasteiger partial charge in [0.25, 0.3) is 0 Å². The van der Waals surface area contributed by atoms with Crippen LogP contribution in [0.4, 0.5) is 13.2 Å². The van der Waals surface area contributed by atoms with Gasteiger partial charge in [-0.25, -0.2) is 0 Å². The van der Waals surface area contributed by atoms with E-state index in [4.69, 9.17) is 12.2 Å². The van der Waals surface area contributed by atoms with Crippen molar-refractivity contribution >= 4 is 17.3 Å². The van der Waals surface area contributed by atoms with Gasteiger partial charge >= 0.3 is 6.18 Å². The lowest BCUT2D eigenvalue weighted by molar-refractivity contribution is -0.137. The van der Waals surface area contributed by atoms with Gasteiger partial charge in [-0.3, -0.25) is 0 Å². The molecule has 0 spiro atoms. The summed E-state index contributed by atoms with van der Waals surface area (Å²) in [5, 5.41) is 4.06. The van der Waals surface area contributed by atoms with E-state index in [0.717, 1.165) is 24.1 Å². The molecule has 0 amide bonds. The SMILES string of the molecule is C[C@H]1CCCC[C@H]1NC(=S)N(C)Cc1ccc(C(F)(F)F)cc1. The number of hydrogen-bond acceptors (Lipinski definition) is 1. The molecule has 2 rings (SSSR count). The van der Waals surface area contributed by atoms with E-state index in [0.29, 0.717) is 23.6 Å². The van der Waals surface area contributed by atoms with Crippen LogP contribution in [0.1, 0.15) is 43.7 Å². The standard InChI is InChI=1S/C17H23F3N2S/c1-12-5-3-4-6-15(12)21-16(23)22(2)11-13-7-9-14(10-8-13)17(18,19)20/h7-10,12,15H,3-6,11H2,1-2H3,(H,21,23)/t12-,15+/m0/s1. The summed E-state index contributed by atoms with van der Waals surface area (Å²) in [4.78, 5) is 1.87. The second kappa shape index (κ2) is 7.51. The van der Waals surface area contributed by atoms with Gasteiger partial charge < -0.3 is 10.2 Å². The average molecular weight is 344 g/mol. The lowest BCUT2D eigenvalue weighted by atomic mass is 9.86. The first-order chi connectivity index (χ1) is 10.8. The van der Waals surface area contributed by atoms with E-state index < -0.39 is 11.7 Å². The van der Waals surface area contributed by atoms with Crippen molar-refractivity contribution in [3.63, 3.8) is 0 Å². The van der Waals surface area contributed by atoms with Crippen molar-refractivity contribution < 1.29 is 13.2 Å². The summed E-state index contributed by atoms with van der Waals surface area (Å²) < 4.78 is 37.7. The third-order valence-corrected chi connectivity index (χ3v) is 4.90. The van der Waals surface area contributed by atoms with Gasteiger partial charge in [-0.1, -0.05) is 31.9 Å². The molecule has 0 radical (unpaired) electrons. The van der Waals surface area contributed by atoms with Crippen LogP contribution in [0, 0.1) is 5.92 Å². The Kier molecular flexibility index (Phi) is 5.89. The van der Waals surface area contributed by atoms with E-state index in [1.54, 1.807) is 0 Å². The fourth-order valence-electron chi connectivity index (χ4n) is 2.94. The highest BCUT2D eigenvalue weighted by atomic mass is 32.1. The summed E-state index contributed by atoms with van der Waals surface area (Å²) >= 11 is 5.43. The molecule has 0 bridgehead atoms. The average Bonchev–Trinajstić information content (AvgIpc) is 2.49. The Hall–Kier alpha value is -1.30. The first-order valence-corrected chi connectivity index (χ1v) is 8.36. The topological polar surface area (TPSA) is 15.3 Å². The third-order valence-electron chi connectivity index (χ3n) is 4.47. The van der Waals surface area contributed by atoms with Crippen molar-refractivity contribution in [1.29, 1.82) is 0 Å². The van der Waals surface area contributed by atoms with Gasteiger partial charge in [0.15, 0.2) is 5.11 Å². The van der Waals surface area contributed by atoms with Crippen molar-refractivity contribution in [3.8, 4) is 0 Å². The lowest BCUT2D eigenvalue weighted by Gasteiger charge is -2.33. The molecule has 0 aliphatic heterocycles. The minimum atomic E-state index is -4.29. The summed E-state index contributed by atoms with van der Waals surface area (Å²) in [6.07, 6.45) is 0.525. The number of nitrogens with zero attached hydrogens (tertiary/aromatic N) is 1. The predicted molar refractivity (Wildman–Crippen MR) is 90.1 cm³/mol. The quantitative estimate of drug-likeness (QED) is 0.808. The molecule has 2 atom stereocenters. The monoisotopic (exact) mass is 344 g/mol. The number of rotatable bonds is 3. The maximum Gasteiger partial charge on any atom is 0.416 e. The first-order valence-electron chi connectivity index (χ1n) is 7.95. The molecular weight excluding hydrogens is 321 g/mol. The second-order valence-corrected chi connectivity index (χ2v) is 6.76. The van der Waals surface area contributed by atoms with Crippen LogP contribution >= 0.6 is 12.2 Å². The van der Waals surface area contributed by atoms with Gasteiger partial charge in [0, 0.05) is 19.6 Å². The van der Waals surface area contributed by atoms with E-state index in [1.807, 2.05) is 11.9 Å². The van der Waals surface area contributed by atoms with Crippen molar-refractivity contribution in [2.45, 2.75) is 51.4 Å². The van der Waals surface area contributed by atoms with Gasteiger partial charge in [0.1, 0.15) is 0 Å². The first kappa shape index (κ1) is 18.0. The molecule has 128 valence electrons. The number of hydrogen-bond donors (Lipinski definition) is 1. The van der Waals surface area contributed by atoms with Crippen LogP contribution < -0.4 is 5.32 Å². The largest absolute Gasteiger partial charge is 0.416 e. The molecule has 1 N–H and O–H groups in total. The highest BCUT2D eigenvalue weighted by Gasteiger charge is 2.30. The highest BCUT2D eigenvalue weighted by molar-refractivity contribution is 7.80. The normalized spacial score (nSPS) is 21.8. The lowest BCUT2D eigenvalue weighted by Crippen LogP contribution is -2.46. The zero-order valence-corrected chi connectivity index (χ0v) is 14.3. The van der Waals surface area contributed by atoms with Crippen LogP contribution in [0.15, 0.2) is 24.3 Å². The van der Waals surface area contributed by atoms with Crippen LogP contribution in [0.25, 0.3) is 0 Å². The molecule has 2 nitrogen and oxygen atoms in total. The fraction of sp³-hybridized carbons (Fsp3) is 0.588. The molecule has 1 aliphatic carbocycles. The molecular formula is C17H23F3N2S. The fourth-order valence-corrected chi connectivity index (χ4v) is 3.16. The second-order valence-electron chi connectivity index (χ2n) is 6.37. The van der Waals surface area contributed by atoms with Gasteiger partial charge in [0.05, 0.1) is 5.56 Å². The van der Waals surface area contributed by atoms with Crippen LogP contribution in [-0.2, 0) is 12.7 Å². The number of thiocarbonyl (C=S) groups is 1. The molecule has 1 saturated carbocycles. The maximum absolute atomic E-state index is 12.6. The Morgan fingerprint density at radius 3 is 2.39 bits per heavy atom. The number of alkyl halides is 3. The molecule has 0 saturated heterocycles. The Balaban J connectivity index is 1.90. The van der Waals surface area contributed by atoms with E-state index in [2.05, 4.69) is 12.2 Å². The minimum absolute atomic E-state index is 0.395. The van der Waals surface area contributed by atoms with E-state index >= 15 is 0 Å². The molecule has 0 aromatic heterocycles. The molecule has 1 aromatic carbocycles. The van der Waals surface area contributed by atoms with Crippen molar-refractivity contribution in [2.24, 2.45) is 5.92 Å². The zero-order chi connectivity index (χ0) is 17.0. The highest BCUT2D eigenvalue weighted by Crippen LogP contribution is 2.29. The number of nitrogens with one attached hydrogen (secondary N) is 1. The van der Waals surface area contributed by atoms with Gasteiger partial charge in [-0.2, -0.15) is 13.2 Å². The Morgan fingerprint density at radius 1 is 1.22 bits per heavy atom. The van der Waals surface area contributed by atoms with Crippen LogP contribution in [0.2, 0.25) is 0 Å². The summed E-state index contributed by atoms with van der Waals surface area (Å²) in [5.41, 5.74) is 0.182. The third kappa shape index (κ3) is 5.09. The Morgan fingerprint density at radius 2 is 1.83 bits per heavy atom. The molecule has 6 heteroatoms. The maximum atomic E-state index is 12.6. The number of benzene rings is 1. The van der Waals surface area contributed by atoms with E-state index in [1.165, 1.54) is 31.4 Å². The molecule has 0 unspecified atom stereocenters. The molecule has 1 fully saturated rings. The smallest absolute Gasteiger partial charge is 0.360 e. The molecule has 0 heterocycles. The van der Waals surface area contributed by atoms with Crippen LogP contribution in [-0.4, -0.2) is 23.1 Å². The summed E-state index contributed by atoms with van der Waals surface area (Å²) in [6, 6.07) is 5.63. The number of halogens is 3. The predicted octanol–water partition coefficient (Wildman–Crippen LogP) is 4.59. The van der Waals surface area contributed by atoms with Crippen molar-refractivity contribution in [2.75, 3.05) is 7.05 Å². The van der Waals surface area contributed by atoms with Crippen molar-refractivity contribution in [3.05, 3.63) is 35.4 Å². The van der Waals surface area contributed by atoms with E-state index in [-0.39, 0.29) is 0 Å². The van der Waals surface area contributed by atoms with E-state index in [9.17, 15) is 13.2 Å². The molecule has 1 aromatic rings. The van der Waals surface area contributed by atoms with Gasteiger partial charge in [-0.05, 0) is 48.7 Å². The summed E-state index contributed by atoms with van der Waals surface area (Å²) in [7, 11) is 1.86. The van der Waals surface area contributed by atoms with Crippen LogP contribution in [0.3, 0.4) is 0 Å². The van der Waals surface area contributed by atoms with Crippen LogP contribution in [0.5, 0.6) is 0 Å². The Labute approximate surface area is 141 Å². The van der Waals surface area contributed by atoms with Crippen molar-refractivity contribution in [1.82, 2.24) is 10.2 Å². The summed E-state index contributed by atoms with van der Waals surface area (Å²) in [6.45, 7) is 2.72. The molecule has 1 aliphatic rings. The zero-order valence-electron chi connectivity index (χ0n) is 13.5. The molecule has 23 heavy (non-hydrogen) atoms. The van der Waals surface area contributed by atoms with Gasteiger partial charge in [0.2, 0.25) is 0 Å². The Bertz CT molecular complexity index is 528. The summed E-state index contributed by atoms with van der Waals surface area (Å²) in [5.74, 6) is 0.598.